The van der Waals surface area contributed by atoms with Crippen LogP contribution in [0.4, 0.5) is 11.4 Å². The number of nitrogens with one attached hydrogen (secondary N) is 1. The Hall–Kier alpha value is -2.50. The first-order chi connectivity index (χ1) is 11.4. The van der Waals surface area contributed by atoms with E-state index in [1.165, 1.54) is 17.0 Å². The van der Waals surface area contributed by atoms with Gasteiger partial charge in [-0.3, -0.25) is 14.5 Å². The molecule has 0 bridgehead atoms. The molecule has 0 aliphatic carbocycles. The lowest BCUT2D eigenvalue weighted by Crippen LogP contribution is -2.32. The number of carbonyl (C=O) groups is 2. The molecule has 2 aromatic rings. The summed E-state index contributed by atoms with van der Waals surface area (Å²) in [5.41, 5.74) is 8.07. The number of nitrogens with two attached hydrogens (primary N) is 1. The van der Waals surface area contributed by atoms with E-state index < -0.39 is 5.91 Å². The lowest BCUT2D eigenvalue weighted by molar-refractivity contribution is -0.116. The van der Waals surface area contributed by atoms with E-state index in [9.17, 15) is 9.59 Å². The van der Waals surface area contributed by atoms with Crippen LogP contribution >= 0.6 is 23.2 Å². The zero-order chi connectivity index (χ0) is 17.4. The molecule has 0 fully saturated rings. The second-order valence-electron chi connectivity index (χ2n) is 5.29. The summed E-state index contributed by atoms with van der Waals surface area (Å²) in [7, 11) is 0. The summed E-state index contributed by atoms with van der Waals surface area (Å²) in [6, 6.07) is 10.1. The van der Waals surface area contributed by atoms with E-state index in [1.54, 1.807) is 18.2 Å². The molecule has 3 N–H and O–H groups in total. The minimum Gasteiger partial charge on any atom is -0.396 e. The number of nitrogens with zero attached hydrogens (tertiary/aromatic N) is 1. The highest BCUT2D eigenvalue weighted by Gasteiger charge is 2.31. The van der Waals surface area contributed by atoms with Crippen LogP contribution in [0.5, 0.6) is 0 Å². The number of amides is 2. The van der Waals surface area contributed by atoms with Crippen LogP contribution in [0.2, 0.25) is 10.0 Å². The molecular formula is C17H13Cl2N3O2. The van der Waals surface area contributed by atoms with Crippen molar-refractivity contribution in [1.82, 2.24) is 4.90 Å². The molecule has 0 radical (unpaired) electrons. The van der Waals surface area contributed by atoms with Crippen LogP contribution in [-0.4, -0.2) is 23.3 Å². The van der Waals surface area contributed by atoms with E-state index in [0.717, 1.165) is 5.56 Å². The maximum atomic E-state index is 12.4. The normalized spacial score (nSPS) is 13.2. The molecule has 1 aliphatic heterocycles. The number of anilines is 2. The Kier molecular flexibility index (Phi) is 4.22. The summed E-state index contributed by atoms with van der Waals surface area (Å²) >= 11 is 11.9. The van der Waals surface area contributed by atoms with Crippen LogP contribution in [0.1, 0.15) is 15.9 Å². The Labute approximate surface area is 148 Å². The molecule has 5 nitrogen and oxygen atoms in total. The van der Waals surface area contributed by atoms with Gasteiger partial charge in [0, 0.05) is 22.5 Å². The second kappa shape index (κ2) is 6.19. The number of benzene rings is 2. The number of hydrogen-bond donors (Lipinski definition) is 2. The molecule has 1 aliphatic rings. The van der Waals surface area contributed by atoms with Gasteiger partial charge in [0.05, 0.1) is 15.7 Å². The fraction of sp³-hybridized carbons (Fsp3) is 0.0588. The summed E-state index contributed by atoms with van der Waals surface area (Å²) in [6.07, 6.45) is 0. The van der Waals surface area contributed by atoms with Crippen molar-refractivity contribution < 1.29 is 9.59 Å². The first kappa shape index (κ1) is 16.4. The smallest absolute Gasteiger partial charge is 0.259 e. The van der Waals surface area contributed by atoms with E-state index in [1.807, 2.05) is 6.07 Å². The van der Waals surface area contributed by atoms with Gasteiger partial charge in [-0.1, -0.05) is 48.0 Å². The zero-order valence-electron chi connectivity index (χ0n) is 12.5. The highest BCUT2D eigenvalue weighted by atomic mass is 35.5. The standard InChI is InChI=1S/C17H13Cl2N3O2/c1-9-11-4-2-3-5-12(11)17(24)22(9)8-15(23)21-10-6-13(18)16(20)14(19)7-10/h2-7H,1,8,20H2,(H,21,23). The molecular weight excluding hydrogens is 349 g/mol. The summed E-state index contributed by atoms with van der Waals surface area (Å²) in [4.78, 5) is 26.0. The largest absolute Gasteiger partial charge is 0.396 e. The number of nitrogen functional groups attached to an aromatic ring is 1. The van der Waals surface area contributed by atoms with Gasteiger partial charge in [-0.05, 0) is 18.2 Å². The maximum absolute atomic E-state index is 12.4. The summed E-state index contributed by atoms with van der Waals surface area (Å²) in [5, 5.41) is 3.13. The van der Waals surface area contributed by atoms with Crippen LogP contribution in [0.3, 0.4) is 0 Å². The van der Waals surface area contributed by atoms with Crippen LogP contribution in [-0.2, 0) is 4.79 Å². The van der Waals surface area contributed by atoms with Crippen LogP contribution in [0, 0.1) is 0 Å². The molecule has 2 amide bonds. The molecule has 0 aromatic heterocycles. The van der Waals surface area contributed by atoms with Crippen molar-refractivity contribution in [1.29, 1.82) is 0 Å². The van der Waals surface area contributed by atoms with Crippen molar-refractivity contribution in [3.05, 3.63) is 64.1 Å². The lowest BCUT2D eigenvalue weighted by atomic mass is 10.1. The molecule has 0 saturated carbocycles. The van der Waals surface area contributed by atoms with Crippen molar-refractivity contribution in [2.75, 3.05) is 17.6 Å². The maximum Gasteiger partial charge on any atom is 0.259 e. The molecule has 122 valence electrons. The third-order valence-electron chi connectivity index (χ3n) is 3.70. The Bertz CT molecular complexity index is 822. The molecule has 0 atom stereocenters. The van der Waals surface area contributed by atoms with Crippen molar-refractivity contribution in [2.45, 2.75) is 0 Å². The van der Waals surface area contributed by atoms with Gasteiger partial charge < -0.3 is 11.1 Å². The first-order valence-corrected chi connectivity index (χ1v) is 7.78. The lowest BCUT2D eigenvalue weighted by Gasteiger charge is -2.17. The number of carbonyl (C=O) groups excluding carboxylic acids is 2. The minimum absolute atomic E-state index is 0.161. The van der Waals surface area contributed by atoms with Crippen LogP contribution in [0.25, 0.3) is 5.70 Å². The van der Waals surface area contributed by atoms with Gasteiger partial charge in [0.1, 0.15) is 6.54 Å². The molecule has 24 heavy (non-hydrogen) atoms. The zero-order valence-corrected chi connectivity index (χ0v) is 14.0. The number of hydrogen-bond acceptors (Lipinski definition) is 3. The summed E-state index contributed by atoms with van der Waals surface area (Å²) in [5.74, 6) is -0.645. The quantitative estimate of drug-likeness (QED) is 0.819. The molecule has 1 heterocycles. The predicted octanol–water partition coefficient (Wildman–Crippen LogP) is 3.64. The van der Waals surface area contributed by atoms with Gasteiger partial charge >= 0.3 is 0 Å². The summed E-state index contributed by atoms with van der Waals surface area (Å²) in [6.45, 7) is 3.73. The number of halogens is 2. The molecule has 3 rings (SSSR count). The second-order valence-corrected chi connectivity index (χ2v) is 6.10. The predicted molar refractivity (Wildman–Crippen MR) is 96.0 cm³/mol. The molecule has 0 unspecified atom stereocenters. The Morgan fingerprint density at radius 2 is 1.75 bits per heavy atom. The highest BCUT2D eigenvalue weighted by molar-refractivity contribution is 6.39. The highest BCUT2D eigenvalue weighted by Crippen LogP contribution is 2.32. The van der Waals surface area contributed by atoms with E-state index in [0.29, 0.717) is 16.9 Å². The first-order valence-electron chi connectivity index (χ1n) is 7.03. The third kappa shape index (κ3) is 2.84. The van der Waals surface area contributed by atoms with Crippen LogP contribution in [0.15, 0.2) is 43.0 Å². The van der Waals surface area contributed by atoms with E-state index in [-0.39, 0.29) is 28.2 Å². The van der Waals surface area contributed by atoms with Gasteiger partial charge in [0.15, 0.2) is 0 Å². The van der Waals surface area contributed by atoms with Crippen molar-refractivity contribution >= 4 is 52.1 Å². The average molecular weight is 362 g/mol. The molecule has 0 saturated heterocycles. The topological polar surface area (TPSA) is 75.4 Å². The fourth-order valence-electron chi connectivity index (χ4n) is 2.50. The van der Waals surface area contributed by atoms with E-state index >= 15 is 0 Å². The summed E-state index contributed by atoms with van der Waals surface area (Å²) < 4.78 is 0. The van der Waals surface area contributed by atoms with Crippen molar-refractivity contribution in [3.8, 4) is 0 Å². The van der Waals surface area contributed by atoms with Crippen molar-refractivity contribution in [3.63, 3.8) is 0 Å². The van der Waals surface area contributed by atoms with Gasteiger partial charge in [-0.2, -0.15) is 0 Å². The molecule has 0 spiro atoms. The Balaban J connectivity index is 1.75. The monoisotopic (exact) mass is 361 g/mol. The SMILES string of the molecule is C=C1c2ccccc2C(=O)N1CC(=O)Nc1cc(Cl)c(N)c(Cl)c1. The van der Waals surface area contributed by atoms with Gasteiger partial charge in [0.2, 0.25) is 5.91 Å². The third-order valence-corrected chi connectivity index (χ3v) is 4.33. The Morgan fingerprint density at radius 3 is 2.33 bits per heavy atom. The van der Waals surface area contributed by atoms with E-state index in [4.69, 9.17) is 28.9 Å². The fourth-order valence-corrected chi connectivity index (χ4v) is 2.99. The van der Waals surface area contributed by atoms with E-state index in [2.05, 4.69) is 11.9 Å². The number of rotatable bonds is 3. The molecule has 7 heteroatoms. The van der Waals surface area contributed by atoms with Crippen LogP contribution < -0.4 is 11.1 Å². The van der Waals surface area contributed by atoms with Gasteiger partial charge in [-0.25, -0.2) is 0 Å². The number of fused-ring (bicyclic) bond motifs is 1. The van der Waals surface area contributed by atoms with Crippen molar-refractivity contribution in [2.24, 2.45) is 0 Å². The average Bonchev–Trinajstić information content (AvgIpc) is 2.78. The Morgan fingerprint density at radius 1 is 1.17 bits per heavy atom. The molecule has 2 aromatic carbocycles. The van der Waals surface area contributed by atoms with Gasteiger partial charge in [-0.15, -0.1) is 0 Å². The minimum atomic E-state index is -0.394. The van der Waals surface area contributed by atoms with Gasteiger partial charge in [0.25, 0.3) is 5.91 Å².